The number of nitrogens with zero attached hydrogens (tertiary/aromatic N) is 1. The molecule has 1 aromatic heterocycles. The zero-order valence-corrected chi connectivity index (χ0v) is 18.4. The first-order valence-corrected chi connectivity index (χ1v) is 10.9. The first-order chi connectivity index (χ1) is 15.4. The lowest BCUT2D eigenvalue weighted by molar-refractivity contribution is -0.384. The molecule has 8 nitrogen and oxygen atoms in total. The van der Waals surface area contributed by atoms with E-state index in [2.05, 4.69) is 5.32 Å². The van der Waals surface area contributed by atoms with Gasteiger partial charge in [-0.3, -0.25) is 14.9 Å². The standard InChI is InChI=1S/C23H22N2O6S/c1-3-15-8-5-6-11-19(15)31-13-20(26)24-22-21(23(27)30-4-2)18(14-32-22)16-9-7-10-17(12-16)25(28)29/h5-12,14H,3-4,13H2,1-2H3,(H,24,26). The van der Waals surface area contributed by atoms with Crippen LogP contribution < -0.4 is 10.1 Å². The van der Waals surface area contributed by atoms with Crippen LogP contribution in [0.3, 0.4) is 0 Å². The molecule has 1 amide bonds. The van der Waals surface area contributed by atoms with E-state index in [0.29, 0.717) is 21.9 Å². The SMILES string of the molecule is CCOC(=O)c1c(-c2cccc([N+](=O)[O-])c2)csc1NC(=O)COc1ccccc1CC. The number of carbonyl (C=O) groups excluding carboxylic acids is 2. The number of nitro groups is 1. The molecular formula is C23H22N2O6S. The molecule has 0 radical (unpaired) electrons. The van der Waals surface area contributed by atoms with Gasteiger partial charge >= 0.3 is 5.97 Å². The number of esters is 1. The normalized spacial score (nSPS) is 10.4. The number of ether oxygens (including phenoxy) is 2. The van der Waals surface area contributed by atoms with Gasteiger partial charge in [-0.25, -0.2) is 4.79 Å². The Labute approximate surface area is 188 Å². The van der Waals surface area contributed by atoms with Gasteiger partial charge in [0.05, 0.1) is 11.5 Å². The monoisotopic (exact) mass is 454 g/mol. The van der Waals surface area contributed by atoms with E-state index >= 15 is 0 Å². The van der Waals surface area contributed by atoms with Crippen molar-refractivity contribution in [1.29, 1.82) is 0 Å². The van der Waals surface area contributed by atoms with Crippen molar-refractivity contribution >= 4 is 33.9 Å². The van der Waals surface area contributed by atoms with Crippen LogP contribution in [0.1, 0.15) is 29.8 Å². The van der Waals surface area contributed by atoms with Crippen LogP contribution in [0.25, 0.3) is 11.1 Å². The van der Waals surface area contributed by atoms with Crippen LogP contribution >= 0.6 is 11.3 Å². The smallest absolute Gasteiger partial charge is 0.341 e. The Morgan fingerprint density at radius 2 is 1.91 bits per heavy atom. The number of non-ortho nitro benzene ring substituents is 1. The second-order valence-electron chi connectivity index (χ2n) is 6.68. The number of nitrogens with one attached hydrogen (secondary N) is 1. The van der Waals surface area contributed by atoms with Crippen molar-refractivity contribution in [1.82, 2.24) is 0 Å². The van der Waals surface area contributed by atoms with E-state index in [9.17, 15) is 19.7 Å². The highest BCUT2D eigenvalue weighted by Gasteiger charge is 2.24. The van der Waals surface area contributed by atoms with Gasteiger partial charge in [-0.2, -0.15) is 0 Å². The molecule has 0 aliphatic carbocycles. The number of hydrogen-bond acceptors (Lipinski definition) is 7. The molecule has 3 aromatic rings. The number of rotatable bonds is 9. The van der Waals surface area contributed by atoms with Gasteiger partial charge in [-0.1, -0.05) is 37.3 Å². The highest BCUT2D eigenvalue weighted by atomic mass is 32.1. The average Bonchev–Trinajstić information content (AvgIpc) is 3.21. The van der Waals surface area contributed by atoms with Crippen LogP contribution in [-0.2, 0) is 16.0 Å². The molecule has 0 atom stereocenters. The van der Waals surface area contributed by atoms with Gasteiger partial charge in [0.1, 0.15) is 16.3 Å². The molecule has 0 saturated heterocycles. The van der Waals surface area contributed by atoms with Crippen molar-refractivity contribution in [2.75, 3.05) is 18.5 Å². The minimum atomic E-state index is -0.622. The number of para-hydroxylation sites is 1. The van der Waals surface area contributed by atoms with Crippen molar-refractivity contribution in [2.24, 2.45) is 0 Å². The Bertz CT molecular complexity index is 1140. The second kappa shape index (κ2) is 10.5. The van der Waals surface area contributed by atoms with Gasteiger partial charge in [0.15, 0.2) is 6.61 Å². The van der Waals surface area contributed by atoms with E-state index in [4.69, 9.17) is 9.47 Å². The molecule has 2 aromatic carbocycles. The van der Waals surface area contributed by atoms with Crippen LogP contribution in [0, 0.1) is 10.1 Å². The van der Waals surface area contributed by atoms with E-state index in [-0.39, 0.29) is 24.5 Å². The molecule has 1 heterocycles. The highest BCUT2D eigenvalue weighted by Crippen LogP contribution is 2.37. The summed E-state index contributed by atoms with van der Waals surface area (Å²) < 4.78 is 10.8. The summed E-state index contributed by atoms with van der Waals surface area (Å²) in [5.74, 6) is -0.434. The molecule has 0 bridgehead atoms. The maximum absolute atomic E-state index is 12.7. The third-order valence-corrected chi connectivity index (χ3v) is 5.50. The number of anilines is 1. The number of hydrogen-bond donors (Lipinski definition) is 1. The van der Waals surface area contributed by atoms with Gasteiger partial charge in [0, 0.05) is 23.1 Å². The van der Waals surface area contributed by atoms with Crippen LogP contribution in [0.4, 0.5) is 10.7 Å². The largest absolute Gasteiger partial charge is 0.483 e. The molecule has 0 unspecified atom stereocenters. The zero-order valence-electron chi connectivity index (χ0n) is 17.6. The third-order valence-electron chi connectivity index (χ3n) is 4.60. The Morgan fingerprint density at radius 1 is 1.12 bits per heavy atom. The molecular weight excluding hydrogens is 432 g/mol. The van der Waals surface area contributed by atoms with E-state index in [0.717, 1.165) is 23.3 Å². The van der Waals surface area contributed by atoms with Crippen LogP contribution in [0.5, 0.6) is 5.75 Å². The van der Waals surface area contributed by atoms with Crippen LogP contribution in [0.15, 0.2) is 53.9 Å². The predicted molar refractivity (Wildman–Crippen MR) is 122 cm³/mol. The molecule has 3 rings (SSSR count). The lowest BCUT2D eigenvalue weighted by atomic mass is 10.0. The second-order valence-corrected chi connectivity index (χ2v) is 7.56. The first kappa shape index (κ1) is 23.0. The average molecular weight is 455 g/mol. The number of amides is 1. The molecule has 9 heteroatoms. The number of aryl methyl sites for hydroxylation is 1. The third kappa shape index (κ3) is 5.30. The maximum Gasteiger partial charge on any atom is 0.341 e. The molecule has 166 valence electrons. The van der Waals surface area contributed by atoms with E-state index in [1.165, 1.54) is 18.2 Å². The first-order valence-electron chi connectivity index (χ1n) is 9.98. The summed E-state index contributed by atoms with van der Waals surface area (Å²) in [5.41, 5.74) is 1.96. The topological polar surface area (TPSA) is 108 Å². The zero-order chi connectivity index (χ0) is 23.1. The minimum absolute atomic E-state index is 0.0999. The van der Waals surface area contributed by atoms with Gasteiger partial charge in [0.2, 0.25) is 0 Å². The summed E-state index contributed by atoms with van der Waals surface area (Å²) in [5, 5.41) is 15.8. The summed E-state index contributed by atoms with van der Waals surface area (Å²) in [4.78, 5) is 35.8. The number of carbonyl (C=O) groups is 2. The van der Waals surface area contributed by atoms with Crippen molar-refractivity contribution in [3.63, 3.8) is 0 Å². The fourth-order valence-electron chi connectivity index (χ4n) is 3.10. The Hall–Kier alpha value is -3.72. The van der Waals surface area contributed by atoms with E-state index in [1.807, 2.05) is 25.1 Å². The van der Waals surface area contributed by atoms with Gasteiger partial charge in [0.25, 0.3) is 11.6 Å². The maximum atomic E-state index is 12.7. The van der Waals surface area contributed by atoms with E-state index < -0.39 is 16.8 Å². The van der Waals surface area contributed by atoms with E-state index in [1.54, 1.807) is 24.4 Å². The summed E-state index contributed by atoms with van der Waals surface area (Å²) in [6, 6.07) is 13.4. The molecule has 0 fully saturated rings. The lowest BCUT2D eigenvalue weighted by Gasteiger charge is -2.11. The summed E-state index contributed by atoms with van der Waals surface area (Å²) in [6.07, 6.45) is 0.766. The molecule has 0 aliphatic rings. The molecule has 0 saturated carbocycles. The Kier molecular flexibility index (Phi) is 7.56. The summed E-state index contributed by atoms with van der Waals surface area (Å²) in [7, 11) is 0. The van der Waals surface area contributed by atoms with Gasteiger partial charge < -0.3 is 14.8 Å². The Morgan fingerprint density at radius 3 is 2.62 bits per heavy atom. The minimum Gasteiger partial charge on any atom is -0.483 e. The quantitative estimate of drug-likeness (QED) is 0.274. The van der Waals surface area contributed by atoms with Crippen molar-refractivity contribution in [3.05, 3.63) is 75.2 Å². The van der Waals surface area contributed by atoms with Crippen molar-refractivity contribution < 1.29 is 24.0 Å². The molecule has 32 heavy (non-hydrogen) atoms. The summed E-state index contributed by atoms with van der Waals surface area (Å²) >= 11 is 1.14. The number of thiophene rings is 1. The van der Waals surface area contributed by atoms with Gasteiger partial charge in [-0.15, -0.1) is 11.3 Å². The number of nitro benzene ring substituents is 1. The molecule has 1 N–H and O–H groups in total. The Balaban J connectivity index is 1.85. The van der Waals surface area contributed by atoms with Gasteiger partial charge in [-0.05, 0) is 30.5 Å². The fourth-order valence-corrected chi connectivity index (χ4v) is 4.07. The van der Waals surface area contributed by atoms with Crippen LogP contribution in [0.2, 0.25) is 0 Å². The van der Waals surface area contributed by atoms with Crippen molar-refractivity contribution in [3.8, 4) is 16.9 Å². The molecule has 0 aliphatic heterocycles. The summed E-state index contributed by atoms with van der Waals surface area (Å²) in [6.45, 7) is 3.58. The van der Waals surface area contributed by atoms with Crippen LogP contribution in [-0.4, -0.2) is 30.0 Å². The number of benzene rings is 2. The molecule has 0 spiro atoms. The van der Waals surface area contributed by atoms with Crippen molar-refractivity contribution in [2.45, 2.75) is 20.3 Å². The highest BCUT2D eigenvalue weighted by molar-refractivity contribution is 7.15. The predicted octanol–water partition coefficient (Wildman–Crippen LogP) is 5.08. The lowest BCUT2D eigenvalue weighted by Crippen LogP contribution is -2.21. The fraction of sp³-hybridized carbons (Fsp3) is 0.217.